The maximum absolute atomic E-state index is 12.7. The first-order valence-electron chi connectivity index (χ1n) is 6.51. The highest BCUT2D eigenvalue weighted by molar-refractivity contribution is 9.11. The number of rotatable bonds is 5. The van der Waals surface area contributed by atoms with Gasteiger partial charge in [-0.15, -0.1) is 0 Å². The Hall–Kier alpha value is 0.0900. The monoisotopic (exact) mass is 425 g/mol. The van der Waals surface area contributed by atoms with E-state index in [0.717, 1.165) is 16.5 Å². The molecular weight excluding hydrogens is 406 g/mol. The lowest BCUT2D eigenvalue weighted by Gasteiger charge is -2.26. The quantitative estimate of drug-likeness (QED) is 0.691. The maximum Gasteiger partial charge on any atom is 0.244 e. The van der Waals surface area contributed by atoms with Gasteiger partial charge in [0.15, 0.2) is 0 Å². The molecule has 1 atom stereocenters. The zero-order valence-electron chi connectivity index (χ0n) is 12.4. The first kappa shape index (κ1) is 18.1. The average Bonchev–Trinajstić information content (AvgIpc) is 2.31. The van der Waals surface area contributed by atoms with Crippen LogP contribution in [0.2, 0.25) is 0 Å². The van der Waals surface area contributed by atoms with E-state index in [1.54, 1.807) is 13.1 Å². The lowest BCUT2D eigenvalue weighted by molar-refractivity contribution is 0.337. The van der Waals surface area contributed by atoms with Crippen molar-refractivity contribution in [1.82, 2.24) is 4.31 Å². The zero-order chi connectivity index (χ0) is 15.7. The number of benzene rings is 1. The normalized spacial score (nSPS) is 14.1. The largest absolute Gasteiger partial charge is 0.244 e. The second kappa shape index (κ2) is 6.90. The van der Waals surface area contributed by atoms with Crippen LogP contribution in [0.15, 0.2) is 26.0 Å². The number of hydrogen-bond donors (Lipinski definition) is 0. The molecule has 0 saturated heterocycles. The van der Waals surface area contributed by atoms with Gasteiger partial charge >= 0.3 is 0 Å². The first-order valence-corrected chi connectivity index (χ1v) is 9.53. The fourth-order valence-corrected chi connectivity index (χ4v) is 5.06. The summed E-state index contributed by atoms with van der Waals surface area (Å²) < 4.78 is 28.3. The van der Waals surface area contributed by atoms with E-state index >= 15 is 0 Å². The molecule has 1 aromatic rings. The summed E-state index contributed by atoms with van der Waals surface area (Å²) in [6.45, 7) is 8.05. The summed E-state index contributed by atoms with van der Waals surface area (Å²) in [5.74, 6) is 0.454. The smallest absolute Gasteiger partial charge is 0.207 e. The van der Waals surface area contributed by atoms with Crippen molar-refractivity contribution < 1.29 is 8.42 Å². The van der Waals surface area contributed by atoms with Gasteiger partial charge in [-0.3, -0.25) is 0 Å². The topological polar surface area (TPSA) is 37.4 Å². The Morgan fingerprint density at radius 2 is 1.70 bits per heavy atom. The Morgan fingerprint density at radius 3 is 2.20 bits per heavy atom. The highest BCUT2D eigenvalue weighted by atomic mass is 79.9. The molecule has 114 valence electrons. The fourth-order valence-electron chi connectivity index (χ4n) is 2.05. The van der Waals surface area contributed by atoms with Crippen LogP contribution in [-0.4, -0.2) is 25.8 Å². The van der Waals surface area contributed by atoms with Crippen molar-refractivity contribution in [1.29, 1.82) is 0 Å². The summed E-state index contributed by atoms with van der Waals surface area (Å²) in [6.07, 6.45) is 0.834. The highest BCUT2D eigenvalue weighted by Crippen LogP contribution is 2.31. The molecule has 0 aromatic heterocycles. The lowest BCUT2D eigenvalue weighted by atomic mass is 10.1. The molecule has 0 N–H and O–H groups in total. The fraction of sp³-hybridized carbons (Fsp3) is 0.571. The standard InChI is InChI=1S/C14H21Br2NO2S/c1-9(2)6-11(4)17(5)20(18,19)14-8-12(15)10(3)7-13(14)16/h7-9,11H,6H2,1-5H3. The lowest BCUT2D eigenvalue weighted by Crippen LogP contribution is -2.36. The zero-order valence-corrected chi connectivity index (χ0v) is 16.4. The van der Waals surface area contributed by atoms with Crippen molar-refractivity contribution in [2.24, 2.45) is 5.92 Å². The van der Waals surface area contributed by atoms with E-state index in [1.165, 1.54) is 4.31 Å². The number of sulfonamides is 1. The molecule has 6 heteroatoms. The van der Waals surface area contributed by atoms with Crippen molar-refractivity contribution in [3.8, 4) is 0 Å². The molecule has 0 bridgehead atoms. The summed E-state index contributed by atoms with van der Waals surface area (Å²) in [5.41, 5.74) is 0.994. The second-order valence-corrected chi connectivity index (χ2v) is 9.21. The van der Waals surface area contributed by atoms with Crippen LogP contribution in [0.3, 0.4) is 0 Å². The Balaban J connectivity index is 3.20. The molecular formula is C14H21Br2NO2S. The maximum atomic E-state index is 12.7. The number of aryl methyl sites for hydroxylation is 1. The Kier molecular flexibility index (Phi) is 6.26. The van der Waals surface area contributed by atoms with E-state index in [4.69, 9.17) is 0 Å². The molecule has 20 heavy (non-hydrogen) atoms. The van der Waals surface area contributed by atoms with Crippen LogP contribution >= 0.6 is 31.9 Å². The van der Waals surface area contributed by atoms with Gasteiger partial charge in [-0.05, 0) is 59.8 Å². The van der Waals surface area contributed by atoms with Crippen molar-refractivity contribution in [3.63, 3.8) is 0 Å². The molecule has 0 spiro atoms. The highest BCUT2D eigenvalue weighted by Gasteiger charge is 2.28. The summed E-state index contributed by atoms with van der Waals surface area (Å²) in [7, 11) is -1.86. The van der Waals surface area contributed by atoms with Gasteiger partial charge in [0.25, 0.3) is 0 Å². The van der Waals surface area contributed by atoms with Gasteiger partial charge in [-0.1, -0.05) is 29.8 Å². The van der Waals surface area contributed by atoms with Gasteiger partial charge in [0, 0.05) is 22.0 Å². The van der Waals surface area contributed by atoms with Gasteiger partial charge < -0.3 is 0 Å². The third-order valence-electron chi connectivity index (χ3n) is 3.30. The predicted molar refractivity (Wildman–Crippen MR) is 90.4 cm³/mol. The Labute approximate surface area is 139 Å². The number of hydrogen-bond acceptors (Lipinski definition) is 2. The van der Waals surface area contributed by atoms with Crippen LogP contribution in [-0.2, 0) is 10.0 Å². The van der Waals surface area contributed by atoms with Crippen molar-refractivity contribution in [2.45, 2.75) is 45.1 Å². The third kappa shape index (κ3) is 4.06. The molecule has 0 saturated carbocycles. The first-order chi connectivity index (χ1) is 9.07. The van der Waals surface area contributed by atoms with Crippen molar-refractivity contribution >= 4 is 41.9 Å². The summed E-state index contributed by atoms with van der Waals surface area (Å²) in [6, 6.07) is 3.44. The van der Waals surface area contributed by atoms with Crippen LogP contribution in [0.1, 0.15) is 32.8 Å². The minimum absolute atomic E-state index is 0.0352. The summed E-state index contributed by atoms with van der Waals surface area (Å²) >= 11 is 6.75. The van der Waals surface area contributed by atoms with Gasteiger partial charge in [0.1, 0.15) is 0 Å². The molecule has 0 fully saturated rings. The molecule has 0 aliphatic rings. The van der Waals surface area contributed by atoms with Gasteiger partial charge in [-0.2, -0.15) is 4.31 Å². The number of nitrogens with zero attached hydrogens (tertiary/aromatic N) is 1. The van der Waals surface area contributed by atoms with E-state index in [9.17, 15) is 8.42 Å². The molecule has 1 rings (SSSR count). The van der Waals surface area contributed by atoms with E-state index in [0.29, 0.717) is 15.3 Å². The van der Waals surface area contributed by atoms with Crippen molar-refractivity contribution in [3.05, 3.63) is 26.6 Å². The molecule has 3 nitrogen and oxygen atoms in total. The SMILES string of the molecule is Cc1cc(Br)c(S(=O)(=O)N(C)C(C)CC(C)C)cc1Br. The van der Waals surface area contributed by atoms with Crippen LogP contribution in [0.4, 0.5) is 0 Å². The molecule has 1 unspecified atom stereocenters. The van der Waals surface area contributed by atoms with E-state index in [-0.39, 0.29) is 6.04 Å². The molecule has 0 heterocycles. The third-order valence-corrected chi connectivity index (χ3v) is 7.09. The molecule has 0 amide bonds. The second-order valence-electron chi connectivity index (χ2n) is 5.53. The van der Waals surface area contributed by atoms with Gasteiger partial charge in [0.2, 0.25) is 10.0 Å². The van der Waals surface area contributed by atoms with E-state index in [1.807, 2.05) is 19.9 Å². The molecule has 0 aliphatic carbocycles. The minimum Gasteiger partial charge on any atom is -0.207 e. The van der Waals surface area contributed by atoms with Crippen molar-refractivity contribution in [2.75, 3.05) is 7.05 Å². The average molecular weight is 427 g/mol. The van der Waals surface area contributed by atoms with Crippen LogP contribution in [0, 0.1) is 12.8 Å². The van der Waals surface area contributed by atoms with Gasteiger partial charge in [-0.25, -0.2) is 8.42 Å². The minimum atomic E-state index is -3.50. The Bertz CT molecular complexity index is 585. The number of halogens is 2. The van der Waals surface area contributed by atoms with E-state index in [2.05, 4.69) is 45.7 Å². The van der Waals surface area contributed by atoms with E-state index < -0.39 is 10.0 Å². The van der Waals surface area contributed by atoms with Crippen LogP contribution < -0.4 is 0 Å². The predicted octanol–water partition coefficient (Wildman–Crippen LogP) is 4.58. The summed E-state index contributed by atoms with van der Waals surface area (Å²) in [4.78, 5) is 0.299. The van der Waals surface area contributed by atoms with Crippen LogP contribution in [0.5, 0.6) is 0 Å². The molecule has 1 aromatic carbocycles. The molecule has 0 aliphatic heterocycles. The Morgan fingerprint density at radius 1 is 1.15 bits per heavy atom. The van der Waals surface area contributed by atoms with Gasteiger partial charge in [0.05, 0.1) is 4.90 Å². The van der Waals surface area contributed by atoms with Crippen LogP contribution in [0.25, 0.3) is 0 Å². The molecule has 0 radical (unpaired) electrons. The summed E-state index contributed by atoms with van der Waals surface area (Å²) in [5, 5.41) is 0.